The molecule has 0 atom stereocenters. The van der Waals surface area contributed by atoms with Gasteiger partial charge in [0.1, 0.15) is 5.75 Å². The molecule has 0 radical (unpaired) electrons. The number of hydrogen-bond acceptors (Lipinski definition) is 3. The van der Waals surface area contributed by atoms with Crippen molar-refractivity contribution >= 4 is 5.78 Å². The molecule has 0 aliphatic heterocycles. The molecule has 3 heteroatoms. The van der Waals surface area contributed by atoms with E-state index in [4.69, 9.17) is 5.73 Å². The minimum Gasteiger partial charge on any atom is -0.508 e. The number of nitrogens with two attached hydrogens (primary N) is 1. The summed E-state index contributed by atoms with van der Waals surface area (Å²) in [6, 6.07) is 5.06. The number of phenolic OH excluding ortho intramolecular Hbond substituents is 1. The summed E-state index contributed by atoms with van der Waals surface area (Å²) in [4.78, 5) is 12.5. The third-order valence-electron chi connectivity index (χ3n) is 6.31. The maximum Gasteiger partial charge on any atom is 0.163 e. The number of carbonyl (C=O) groups is 1. The topological polar surface area (TPSA) is 63.3 Å². The molecule has 3 nitrogen and oxygen atoms in total. The van der Waals surface area contributed by atoms with E-state index in [1.54, 1.807) is 12.1 Å². The van der Waals surface area contributed by atoms with E-state index in [1.165, 1.54) is 96.3 Å². The minimum absolute atomic E-state index is 0.139. The quantitative estimate of drug-likeness (QED) is 0.152. The average molecular weight is 432 g/mol. The van der Waals surface area contributed by atoms with E-state index in [2.05, 4.69) is 6.92 Å². The first kappa shape index (κ1) is 27.7. The van der Waals surface area contributed by atoms with E-state index in [-0.39, 0.29) is 11.5 Å². The molecule has 0 amide bonds. The Morgan fingerprint density at radius 2 is 1.19 bits per heavy atom. The molecule has 0 saturated carbocycles. The Hall–Kier alpha value is -1.35. The van der Waals surface area contributed by atoms with Crippen molar-refractivity contribution in [3.63, 3.8) is 0 Å². The summed E-state index contributed by atoms with van der Waals surface area (Å²) in [5.74, 6) is 0.298. The standard InChI is InChI=1S/C28H49NO2/c1-2-3-4-5-6-7-8-9-10-11-12-13-14-15-16-17-18-19-28(31)27-24-26(30)21-20-25(27)22-23-29/h20-21,24,30H,2-19,22-23,29H2,1H3. The Balaban J connectivity index is 1.93. The van der Waals surface area contributed by atoms with Crippen molar-refractivity contribution in [3.05, 3.63) is 29.3 Å². The first-order chi connectivity index (χ1) is 15.2. The molecule has 0 spiro atoms. The molecule has 31 heavy (non-hydrogen) atoms. The second kappa shape index (κ2) is 19.3. The lowest BCUT2D eigenvalue weighted by Crippen LogP contribution is -2.09. The van der Waals surface area contributed by atoms with Crippen LogP contribution in [0, 0.1) is 0 Å². The monoisotopic (exact) mass is 431 g/mol. The van der Waals surface area contributed by atoms with Gasteiger partial charge in [0.05, 0.1) is 0 Å². The van der Waals surface area contributed by atoms with Crippen LogP contribution >= 0.6 is 0 Å². The van der Waals surface area contributed by atoms with Crippen LogP contribution < -0.4 is 5.73 Å². The van der Waals surface area contributed by atoms with Crippen LogP contribution in [0.4, 0.5) is 0 Å². The number of phenols is 1. The highest BCUT2D eigenvalue weighted by Crippen LogP contribution is 2.20. The predicted octanol–water partition coefficient (Wildman–Crippen LogP) is 8.12. The molecular formula is C28H49NO2. The fourth-order valence-corrected chi connectivity index (χ4v) is 4.34. The van der Waals surface area contributed by atoms with Gasteiger partial charge in [-0.2, -0.15) is 0 Å². The summed E-state index contributed by atoms with van der Waals surface area (Å²) < 4.78 is 0. The van der Waals surface area contributed by atoms with Crippen LogP contribution in [0.5, 0.6) is 5.75 Å². The van der Waals surface area contributed by atoms with Gasteiger partial charge in [0.15, 0.2) is 5.78 Å². The first-order valence-electron chi connectivity index (χ1n) is 13.2. The molecule has 0 unspecified atom stereocenters. The summed E-state index contributed by atoms with van der Waals surface area (Å²) in [5.41, 5.74) is 7.25. The van der Waals surface area contributed by atoms with E-state index < -0.39 is 0 Å². The zero-order valence-electron chi connectivity index (χ0n) is 20.3. The predicted molar refractivity (Wildman–Crippen MR) is 134 cm³/mol. The van der Waals surface area contributed by atoms with Crippen LogP contribution in [-0.4, -0.2) is 17.4 Å². The highest BCUT2D eigenvalue weighted by Gasteiger charge is 2.11. The zero-order valence-corrected chi connectivity index (χ0v) is 20.3. The summed E-state index contributed by atoms with van der Waals surface area (Å²) in [6.07, 6.45) is 24.1. The van der Waals surface area contributed by atoms with Crippen molar-refractivity contribution in [1.29, 1.82) is 0 Å². The van der Waals surface area contributed by atoms with Gasteiger partial charge in [-0.25, -0.2) is 0 Å². The molecule has 0 bridgehead atoms. The SMILES string of the molecule is CCCCCCCCCCCCCCCCCCCC(=O)c1cc(O)ccc1CCN. The summed E-state index contributed by atoms with van der Waals surface area (Å²) in [5, 5.41) is 9.69. The number of aromatic hydroxyl groups is 1. The summed E-state index contributed by atoms with van der Waals surface area (Å²) >= 11 is 0. The molecule has 0 aliphatic carbocycles. The number of unbranched alkanes of at least 4 members (excludes halogenated alkanes) is 16. The lowest BCUT2D eigenvalue weighted by Gasteiger charge is -2.09. The van der Waals surface area contributed by atoms with Crippen molar-refractivity contribution in [2.24, 2.45) is 5.73 Å². The maximum absolute atomic E-state index is 12.5. The first-order valence-corrected chi connectivity index (χ1v) is 13.2. The molecule has 0 aromatic heterocycles. The Labute approximate surface area is 192 Å². The van der Waals surface area contributed by atoms with Gasteiger partial charge in [-0.3, -0.25) is 4.79 Å². The van der Waals surface area contributed by atoms with Gasteiger partial charge < -0.3 is 10.8 Å². The summed E-state index contributed by atoms with van der Waals surface area (Å²) in [7, 11) is 0. The number of benzene rings is 1. The number of carbonyl (C=O) groups excluding carboxylic acids is 1. The van der Waals surface area contributed by atoms with E-state index in [0.29, 0.717) is 24.9 Å². The van der Waals surface area contributed by atoms with Crippen LogP contribution in [0.25, 0.3) is 0 Å². The van der Waals surface area contributed by atoms with Gasteiger partial charge in [-0.15, -0.1) is 0 Å². The highest BCUT2D eigenvalue weighted by atomic mass is 16.3. The minimum atomic E-state index is 0.139. The van der Waals surface area contributed by atoms with E-state index in [0.717, 1.165) is 18.4 Å². The van der Waals surface area contributed by atoms with Crippen LogP contribution in [0.2, 0.25) is 0 Å². The largest absolute Gasteiger partial charge is 0.508 e. The van der Waals surface area contributed by atoms with Crippen LogP contribution in [0.15, 0.2) is 18.2 Å². The average Bonchev–Trinajstić information content (AvgIpc) is 2.77. The molecule has 178 valence electrons. The van der Waals surface area contributed by atoms with Crippen molar-refractivity contribution in [2.75, 3.05) is 6.54 Å². The fourth-order valence-electron chi connectivity index (χ4n) is 4.34. The van der Waals surface area contributed by atoms with Gasteiger partial charge in [0.2, 0.25) is 0 Å². The van der Waals surface area contributed by atoms with Crippen molar-refractivity contribution in [1.82, 2.24) is 0 Å². The van der Waals surface area contributed by atoms with E-state index >= 15 is 0 Å². The smallest absolute Gasteiger partial charge is 0.163 e. The number of Topliss-reactive ketones (excluding diaryl/α,β-unsaturated/α-hetero) is 1. The van der Waals surface area contributed by atoms with Crippen LogP contribution in [0.3, 0.4) is 0 Å². The Morgan fingerprint density at radius 3 is 1.65 bits per heavy atom. The fraction of sp³-hybridized carbons (Fsp3) is 0.750. The second-order valence-corrected chi connectivity index (χ2v) is 9.21. The third-order valence-corrected chi connectivity index (χ3v) is 6.31. The van der Waals surface area contributed by atoms with Gasteiger partial charge in [0.25, 0.3) is 0 Å². The molecule has 0 aliphatic rings. The Bertz CT molecular complexity index is 570. The molecular weight excluding hydrogens is 382 g/mol. The maximum atomic E-state index is 12.5. The van der Waals surface area contributed by atoms with Gasteiger partial charge in [-0.1, -0.05) is 116 Å². The highest BCUT2D eigenvalue weighted by molar-refractivity contribution is 5.97. The lowest BCUT2D eigenvalue weighted by molar-refractivity contribution is 0.0978. The van der Waals surface area contributed by atoms with E-state index in [1.807, 2.05) is 6.07 Å². The second-order valence-electron chi connectivity index (χ2n) is 9.21. The Kier molecular flexibility index (Phi) is 17.3. The van der Waals surface area contributed by atoms with Gasteiger partial charge in [0, 0.05) is 12.0 Å². The molecule has 0 fully saturated rings. The number of ketones is 1. The van der Waals surface area contributed by atoms with Gasteiger partial charge >= 0.3 is 0 Å². The molecule has 1 rings (SSSR count). The number of rotatable bonds is 21. The van der Waals surface area contributed by atoms with Crippen molar-refractivity contribution in [2.45, 2.75) is 129 Å². The molecule has 0 heterocycles. The third kappa shape index (κ3) is 14.4. The van der Waals surface area contributed by atoms with Crippen molar-refractivity contribution < 1.29 is 9.90 Å². The molecule has 0 saturated heterocycles. The van der Waals surface area contributed by atoms with Gasteiger partial charge in [-0.05, 0) is 37.1 Å². The van der Waals surface area contributed by atoms with E-state index in [9.17, 15) is 9.90 Å². The zero-order chi connectivity index (χ0) is 22.6. The van der Waals surface area contributed by atoms with Crippen molar-refractivity contribution in [3.8, 4) is 5.75 Å². The lowest BCUT2D eigenvalue weighted by atomic mass is 9.97. The Morgan fingerprint density at radius 1 is 0.742 bits per heavy atom. The number of hydrogen-bond donors (Lipinski definition) is 2. The summed E-state index contributed by atoms with van der Waals surface area (Å²) in [6.45, 7) is 2.80. The molecule has 3 N–H and O–H groups in total. The molecule has 1 aromatic carbocycles. The van der Waals surface area contributed by atoms with Crippen LogP contribution in [0.1, 0.15) is 138 Å². The normalized spacial score (nSPS) is 11.2. The van der Waals surface area contributed by atoms with Crippen LogP contribution in [-0.2, 0) is 6.42 Å². The molecule has 1 aromatic rings.